The fraction of sp³-hybridized carbons (Fsp3) is 0.364. The van der Waals surface area contributed by atoms with E-state index in [0.29, 0.717) is 6.04 Å². The van der Waals surface area contributed by atoms with E-state index in [2.05, 4.69) is 27.4 Å². The lowest BCUT2D eigenvalue weighted by Gasteiger charge is -2.21. The van der Waals surface area contributed by atoms with Gasteiger partial charge >= 0.3 is 6.18 Å². The molecule has 1 unspecified atom stereocenters. The molecule has 1 atom stereocenters. The van der Waals surface area contributed by atoms with E-state index in [1.54, 1.807) is 0 Å². The van der Waals surface area contributed by atoms with Gasteiger partial charge in [0.25, 0.3) is 0 Å². The molecule has 4 rings (SSSR count). The Morgan fingerprint density at radius 3 is 2.74 bits per heavy atom. The van der Waals surface area contributed by atoms with E-state index in [1.165, 1.54) is 12.1 Å². The molecular weight excluding hydrogens is 405 g/mol. The van der Waals surface area contributed by atoms with E-state index >= 15 is 0 Å². The number of benzene rings is 2. The number of nitrogens with zero attached hydrogens (tertiary/aromatic N) is 3. The van der Waals surface area contributed by atoms with Crippen molar-refractivity contribution < 1.29 is 13.2 Å². The molecule has 31 heavy (non-hydrogen) atoms. The Kier molecular flexibility index (Phi) is 5.62. The highest BCUT2D eigenvalue weighted by atomic mass is 19.4. The molecule has 2 heterocycles. The van der Waals surface area contributed by atoms with Crippen LogP contribution in [0.1, 0.15) is 24.5 Å². The van der Waals surface area contributed by atoms with Crippen LogP contribution in [0, 0.1) is 6.92 Å². The zero-order valence-corrected chi connectivity index (χ0v) is 17.4. The number of hydrogen-bond acceptors (Lipinski definition) is 6. The van der Waals surface area contributed by atoms with Crippen LogP contribution in [-0.2, 0) is 6.18 Å². The second kappa shape index (κ2) is 8.22. The molecule has 4 N–H and O–H groups in total. The summed E-state index contributed by atoms with van der Waals surface area (Å²) >= 11 is 0. The Morgan fingerprint density at radius 2 is 2.00 bits per heavy atom. The minimum Gasteiger partial charge on any atom is -0.398 e. The maximum atomic E-state index is 13.2. The molecule has 0 radical (unpaired) electrons. The van der Waals surface area contributed by atoms with Crippen molar-refractivity contribution in [3.63, 3.8) is 0 Å². The lowest BCUT2D eigenvalue weighted by Crippen LogP contribution is -2.32. The number of aryl methyl sites for hydroxylation is 1. The number of nitrogens with one attached hydrogen (secondary N) is 2. The van der Waals surface area contributed by atoms with Crippen LogP contribution in [0.5, 0.6) is 0 Å². The van der Waals surface area contributed by atoms with Crippen LogP contribution in [0.3, 0.4) is 0 Å². The summed E-state index contributed by atoms with van der Waals surface area (Å²) in [4.78, 5) is 11.5. The van der Waals surface area contributed by atoms with Gasteiger partial charge in [0.2, 0.25) is 5.95 Å². The monoisotopic (exact) mass is 430 g/mol. The van der Waals surface area contributed by atoms with Crippen LogP contribution in [0.2, 0.25) is 0 Å². The second-order valence-electron chi connectivity index (χ2n) is 7.75. The smallest absolute Gasteiger partial charge is 0.398 e. The topological polar surface area (TPSA) is 79.1 Å². The maximum absolute atomic E-state index is 13.2. The Bertz CT molecular complexity index is 1100. The SMILES string of the molecule is CCNC1CCN(c2nc(Nc3ccc(N)c(C(F)(F)F)c3)nc3cccc(C)c23)C1. The minimum absolute atomic E-state index is 0.228. The molecule has 1 aliphatic heterocycles. The van der Waals surface area contributed by atoms with Crippen LogP contribution in [-0.4, -0.2) is 35.6 Å². The Labute approximate surface area is 178 Å². The molecule has 0 bridgehead atoms. The van der Waals surface area contributed by atoms with Crippen molar-refractivity contribution >= 4 is 34.0 Å². The van der Waals surface area contributed by atoms with Gasteiger partial charge in [0.05, 0.1) is 11.1 Å². The highest BCUT2D eigenvalue weighted by molar-refractivity contribution is 5.93. The zero-order valence-electron chi connectivity index (χ0n) is 17.4. The van der Waals surface area contributed by atoms with Gasteiger partial charge in [0.1, 0.15) is 5.82 Å². The predicted molar refractivity (Wildman–Crippen MR) is 118 cm³/mol. The van der Waals surface area contributed by atoms with Gasteiger partial charge in [0.15, 0.2) is 0 Å². The van der Waals surface area contributed by atoms with Gasteiger partial charge in [-0.25, -0.2) is 4.98 Å². The van der Waals surface area contributed by atoms with Gasteiger partial charge in [-0.2, -0.15) is 18.2 Å². The van der Waals surface area contributed by atoms with Gasteiger partial charge in [0, 0.05) is 35.9 Å². The molecule has 1 aromatic heterocycles. The number of rotatable bonds is 5. The standard InChI is InChI=1S/C22H25F3N6/c1-3-27-15-9-10-31(12-15)20-19-13(2)5-4-6-18(19)29-21(30-20)28-14-7-8-17(26)16(11-14)22(23,24)25/h4-8,11,15,27H,3,9-10,12,26H2,1-2H3,(H,28,29,30). The highest BCUT2D eigenvalue weighted by Gasteiger charge is 2.33. The number of hydrogen-bond donors (Lipinski definition) is 3. The summed E-state index contributed by atoms with van der Waals surface area (Å²) in [7, 11) is 0. The third kappa shape index (κ3) is 4.36. The van der Waals surface area contributed by atoms with Gasteiger partial charge < -0.3 is 21.3 Å². The molecule has 164 valence electrons. The van der Waals surface area contributed by atoms with Crippen LogP contribution in [0.25, 0.3) is 10.9 Å². The third-order valence-electron chi connectivity index (χ3n) is 5.51. The van der Waals surface area contributed by atoms with Crippen molar-refractivity contribution in [1.82, 2.24) is 15.3 Å². The van der Waals surface area contributed by atoms with Crippen LogP contribution < -0.4 is 21.3 Å². The number of nitrogens with two attached hydrogens (primary N) is 1. The summed E-state index contributed by atoms with van der Waals surface area (Å²) in [5.41, 5.74) is 6.33. The predicted octanol–water partition coefficient (Wildman–Crippen LogP) is 4.47. The summed E-state index contributed by atoms with van der Waals surface area (Å²) < 4.78 is 39.7. The average molecular weight is 430 g/mol. The van der Waals surface area contributed by atoms with Gasteiger partial charge in [-0.1, -0.05) is 19.1 Å². The highest BCUT2D eigenvalue weighted by Crippen LogP contribution is 2.36. The molecule has 0 aliphatic carbocycles. The molecular formula is C22H25F3N6. The quantitative estimate of drug-likeness (QED) is 0.519. The van der Waals surface area contributed by atoms with Crippen molar-refractivity contribution in [2.45, 2.75) is 32.5 Å². The van der Waals surface area contributed by atoms with Gasteiger partial charge in [-0.3, -0.25) is 0 Å². The van der Waals surface area contributed by atoms with E-state index in [1.807, 2.05) is 25.1 Å². The summed E-state index contributed by atoms with van der Waals surface area (Å²) in [6.07, 6.45) is -3.54. The zero-order chi connectivity index (χ0) is 22.2. The van der Waals surface area contributed by atoms with E-state index in [-0.39, 0.29) is 17.3 Å². The van der Waals surface area contributed by atoms with Crippen molar-refractivity contribution in [2.75, 3.05) is 35.6 Å². The molecule has 3 aromatic rings. The largest absolute Gasteiger partial charge is 0.418 e. The first kappa shape index (κ1) is 21.2. The number of halogens is 3. The first-order valence-electron chi connectivity index (χ1n) is 10.3. The van der Waals surface area contributed by atoms with Crippen LogP contribution >= 0.6 is 0 Å². The minimum atomic E-state index is -4.54. The molecule has 0 saturated carbocycles. The number of alkyl halides is 3. The normalized spacial score (nSPS) is 16.8. The molecule has 1 aliphatic rings. The van der Waals surface area contributed by atoms with Crippen LogP contribution in [0.4, 0.5) is 36.3 Å². The molecule has 9 heteroatoms. The number of anilines is 4. The Hall–Kier alpha value is -3.07. The molecule has 1 saturated heterocycles. The fourth-order valence-electron chi connectivity index (χ4n) is 4.03. The summed E-state index contributed by atoms with van der Waals surface area (Å²) in [6.45, 7) is 6.64. The Morgan fingerprint density at radius 1 is 1.19 bits per heavy atom. The third-order valence-corrected chi connectivity index (χ3v) is 5.51. The maximum Gasteiger partial charge on any atom is 0.418 e. The lowest BCUT2D eigenvalue weighted by molar-refractivity contribution is -0.136. The molecule has 2 aromatic carbocycles. The lowest BCUT2D eigenvalue weighted by atomic mass is 10.1. The van der Waals surface area contributed by atoms with Crippen molar-refractivity contribution in [3.8, 4) is 0 Å². The first-order chi connectivity index (χ1) is 14.8. The average Bonchev–Trinajstić information content (AvgIpc) is 3.17. The number of aromatic nitrogens is 2. The van der Waals surface area contributed by atoms with E-state index in [4.69, 9.17) is 10.7 Å². The van der Waals surface area contributed by atoms with Gasteiger partial charge in [-0.15, -0.1) is 0 Å². The summed E-state index contributed by atoms with van der Waals surface area (Å²) in [6, 6.07) is 9.90. The molecule has 0 amide bonds. The van der Waals surface area contributed by atoms with Crippen molar-refractivity contribution in [3.05, 3.63) is 47.5 Å². The molecule has 1 fully saturated rings. The molecule has 6 nitrogen and oxygen atoms in total. The first-order valence-corrected chi connectivity index (χ1v) is 10.3. The number of nitrogen functional groups attached to an aromatic ring is 1. The molecule has 0 spiro atoms. The van der Waals surface area contributed by atoms with Gasteiger partial charge in [-0.05, 0) is 49.7 Å². The number of fused-ring (bicyclic) bond motifs is 1. The Balaban J connectivity index is 1.73. The second-order valence-corrected chi connectivity index (χ2v) is 7.75. The van der Waals surface area contributed by atoms with Crippen LogP contribution in [0.15, 0.2) is 36.4 Å². The fourth-order valence-corrected chi connectivity index (χ4v) is 4.03. The van der Waals surface area contributed by atoms with E-state index in [0.717, 1.165) is 54.4 Å². The van der Waals surface area contributed by atoms with E-state index < -0.39 is 11.7 Å². The van der Waals surface area contributed by atoms with Crippen molar-refractivity contribution in [2.24, 2.45) is 0 Å². The number of likely N-dealkylation sites (N-methyl/N-ethyl adjacent to an activating group) is 1. The van der Waals surface area contributed by atoms with Crippen molar-refractivity contribution in [1.29, 1.82) is 0 Å². The summed E-state index contributed by atoms with van der Waals surface area (Å²) in [5.74, 6) is 1.04. The summed E-state index contributed by atoms with van der Waals surface area (Å²) in [5, 5.41) is 7.36. The van der Waals surface area contributed by atoms with E-state index in [9.17, 15) is 13.2 Å².